The van der Waals surface area contributed by atoms with E-state index in [1.54, 1.807) is 38.1 Å². The molecule has 1 amide bonds. The van der Waals surface area contributed by atoms with Gasteiger partial charge in [0.25, 0.3) is 5.91 Å². The molecule has 2 rings (SSSR count). The number of aryl methyl sites for hydroxylation is 2. The van der Waals surface area contributed by atoms with Gasteiger partial charge in [-0.05, 0) is 38.1 Å². The minimum Gasteiger partial charge on any atom is -0.321 e. The van der Waals surface area contributed by atoms with Crippen LogP contribution in [-0.2, 0) is 0 Å². The van der Waals surface area contributed by atoms with Crippen LogP contribution in [0.15, 0.2) is 28.7 Å². The van der Waals surface area contributed by atoms with Crippen LogP contribution in [0, 0.1) is 25.2 Å². The van der Waals surface area contributed by atoms with Crippen molar-refractivity contribution in [2.75, 3.05) is 5.32 Å². The lowest BCUT2D eigenvalue weighted by Crippen LogP contribution is -2.15. The van der Waals surface area contributed by atoms with Crippen LogP contribution in [0.3, 0.4) is 0 Å². The van der Waals surface area contributed by atoms with Gasteiger partial charge in [0.05, 0.1) is 28.2 Å². The van der Waals surface area contributed by atoms with Crippen LogP contribution in [0.1, 0.15) is 27.3 Å². The summed E-state index contributed by atoms with van der Waals surface area (Å²) in [7, 11) is 0. The van der Waals surface area contributed by atoms with Crippen molar-refractivity contribution in [2.45, 2.75) is 13.8 Å². The van der Waals surface area contributed by atoms with Gasteiger partial charge in [0.15, 0.2) is 0 Å². The fourth-order valence-corrected chi connectivity index (χ4v) is 2.05. The second-order valence-electron chi connectivity index (χ2n) is 4.24. The molecule has 1 heterocycles. The number of hydrogen-bond acceptors (Lipinski definition) is 4. The van der Waals surface area contributed by atoms with E-state index in [4.69, 9.17) is 5.26 Å². The molecule has 0 saturated heterocycles. The van der Waals surface area contributed by atoms with Gasteiger partial charge in [-0.1, -0.05) is 15.9 Å². The summed E-state index contributed by atoms with van der Waals surface area (Å²) in [4.78, 5) is 12.2. The van der Waals surface area contributed by atoms with Gasteiger partial charge >= 0.3 is 0 Å². The summed E-state index contributed by atoms with van der Waals surface area (Å²) in [6.07, 6.45) is 0. The average Bonchev–Trinajstić information content (AvgIpc) is 2.43. The predicted molar refractivity (Wildman–Crippen MR) is 78.3 cm³/mol. The van der Waals surface area contributed by atoms with Crippen LogP contribution >= 0.6 is 15.9 Å². The third-order valence-electron chi connectivity index (χ3n) is 2.70. The van der Waals surface area contributed by atoms with Crippen molar-refractivity contribution in [1.82, 2.24) is 10.2 Å². The van der Waals surface area contributed by atoms with E-state index in [0.29, 0.717) is 28.2 Å². The number of nitrogens with zero attached hydrogens (tertiary/aromatic N) is 3. The minimum atomic E-state index is -0.306. The highest BCUT2D eigenvalue weighted by molar-refractivity contribution is 9.10. The standard InChI is InChI=1S/C14H11BrN4O/c1-8-5-12(9(2)19-18-8)14(20)17-13-4-3-11(15)6-10(13)7-16/h3-6H,1-2H3,(H,17,20). The highest BCUT2D eigenvalue weighted by Gasteiger charge is 2.13. The predicted octanol–water partition coefficient (Wildman–Crippen LogP) is 2.98. The molecule has 0 atom stereocenters. The lowest BCUT2D eigenvalue weighted by Gasteiger charge is -2.09. The van der Waals surface area contributed by atoms with E-state index < -0.39 is 0 Å². The van der Waals surface area contributed by atoms with E-state index in [0.717, 1.165) is 4.47 Å². The van der Waals surface area contributed by atoms with Crippen molar-refractivity contribution in [3.05, 3.63) is 51.3 Å². The molecule has 100 valence electrons. The molecule has 0 aliphatic rings. The summed E-state index contributed by atoms with van der Waals surface area (Å²) in [5, 5.41) is 19.6. The van der Waals surface area contributed by atoms with Gasteiger partial charge in [-0.25, -0.2) is 0 Å². The van der Waals surface area contributed by atoms with E-state index in [-0.39, 0.29) is 5.91 Å². The Balaban J connectivity index is 2.33. The number of benzene rings is 1. The first-order chi connectivity index (χ1) is 9.51. The topological polar surface area (TPSA) is 78.7 Å². The molecule has 6 heteroatoms. The largest absolute Gasteiger partial charge is 0.321 e. The molecular weight excluding hydrogens is 320 g/mol. The third kappa shape index (κ3) is 3.00. The summed E-state index contributed by atoms with van der Waals surface area (Å²) >= 11 is 3.29. The molecule has 0 bridgehead atoms. The Morgan fingerprint density at radius 3 is 2.75 bits per heavy atom. The van der Waals surface area contributed by atoms with Crippen LogP contribution in [0.2, 0.25) is 0 Å². The molecule has 5 nitrogen and oxygen atoms in total. The molecule has 20 heavy (non-hydrogen) atoms. The maximum Gasteiger partial charge on any atom is 0.257 e. The molecule has 2 aromatic rings. The average molecular weight is 331 g/mol. The summed E-state index contributed by atoms with van der Waals surface area (Å²) in [6, 6.07) is 8.81. The SMILES string of the molecule is Cc1cc(C(=O)Nc2ccc(Br)cc2C#N)c(C)nn1. The van der Waals surface area contributed by atoms with Gasteiger partial charge < -0.3 is 5.32 Å². The number of rotatable bonds is 2. The van der Waals surface area contributed by atoms with E-state index in [2.05, 4.69) is 31.4 Å². The smallest absolute Gasteiger partial charge is 0.257 e. The van der Waals surface area contributed by atoms with Crippen LogP contribution < -0.4 is 5.32 Å². The summed E-state index contributed by atoms with van der Waals surface area (Å²) in [5.41, 5.74) is 2.52. The van der Waals surface area contributed by atoms with Gasteiger partial charge in [-0.3, -0.25) is 4.79 Å². The van der Waals surface area contributed by atoms with E-state index in [1.807, 2.05) is 6.07 Å². The Morgan fingerprint density at radius 2 is 2.05 bits per heavy atom. The molecular formula is C14H11BrN4O. The Hall–Kier alpha value is -2.26. The van der Waals surface area contributed by atoms with Crippen molar-refractivity contribution in [1.29, 1.82) is 5.26 Å². The number of carbonyl (C=O) groups excluding carboxylic acids is 1. The number of hydrogen-bond donors (Lipinski definition) is 1. The lowest BCUT2D eigenvalue weighted by molar-refractivity contribution is 0.102. The summed E-state index contributed by atoms with van der Waals surface area (Å²) in [6.45, 7) is 3.48. The molecule has 0 aliphatic heterocycles. The van der Waals surface area contributed by atoms with Crippen molar-refractivity contribution < 1.29 is 4.79 Å². The first-order valence-electron chi connectivity index (χ1n) is 5.83. The third-order valence-corrected chi connectivity index (χ3v) is 3.19. The van der Waals surface area contributed by atoms with Crippen LogP contribution in [0.25, 0.3) is 0 Å². The van der Waals surface area contributed by atoms with Gasteiger partial charge in [-0.15, -0.1) is 0 Å². The first kappa shape index (κ1) is 14.2. The maximum atomic E-state index is 12.2. The number of nitriles is 1. The molecule has 0 radical (unpaired) electrons. The van der Waals surface area contributed by atoms with Crippen molar-refractivity contribution in [3.63, 3.8) is 0 Å². The maximum absolute atomic E-state index is 12.2. The number of amides is 1. The zero-order valence-corrected chi connectivity index (χ0v) is 12.5. The number of aromatic nitrogens is 2. The van der Waals surface area contributed by atoms with Crippen LogP contribution in [-0.4, -0.2) is 16.1 Å². The molecule has 1 N–H and O–H groups in total. The fraction of sp³-hybridized carbons (Fsp3) is 0.143. The van der Waals surface area contributed by atoms with Crippen molar-refractivity contribution >= 4 is 27.5 Å². The Bertz CT molecular complexity index is 722. The number of nitrogens with one attached hydrogen (secondary N) is 1. The Labute approximate surface area is 124 Å². The first-order valence-corrected chi connectivity index (χ1v) is 6.62. The van der Waals surface area contributed by atoms with Crippen LogP contribution in [0.5, 0.6) is 0 Å². The Morgan fingerprint density at radius 1 is 1.30 bits per heavy atom. The number of carbonyl (C=O) groups is 1. The van der Waals surface area contributed by atoms with Gasteiger partial charge in [0.1, 0.15) is 6.07 Å². The molecule has 0 aliphatic carbocycles. The van der Waals surface area contributed by atoms with E-state index in [1.165, 1.54) is 0 Å². The molecule has 0 fully saturated rings. The lowest BCUT2D eigenvalue weighted by atomic mass is 10.1. The van der Waals surface area contributed by atoms with E-state index >= 15 is 0 Å². The van der Waals surface area contributed by atoms with E-state index in [9.17, 15) is 4.79 Å². The van der Waals surface area contributed by atoms with Gasteiger partial charge in [0.2, 0.25) is 0 Å². The van der Waals surface area contributed by atoms with Gasteiger partial charge in [-0.2, -0.15) is 15.5 Å². The number of halogens is 1. The quantitative estimate of drug-likeness (QED) is 0.917. The number of anilines is 1. The summed E-state index contributed by atoms with van der Waals surface area (Å²) in [5.74, 6) is -0.306. The normalized spacial score (nSPS) is 9.90. The Kier molecular flexibility index (Phi) is 4.11. The van der Waals surface area contributed by atoms with Crippen molar-refractivity contribution in [2.24, 2.45) is 0 Å². The second kappa shape index (κ2) is 5.80. The highest BCUT2D eigenvalue weighted by atomic mass is 79.9. The fourth-order valence-electron chi connectivity index (χ4n) is 1.69. The molecule has 1 aromatic carbocycles. The minimum absolute atomic E-state index is 0.306. The zero-order valence-electron chi connectivity index (χ0n) is 10.9. The second-order valence-corrected chi connectivity index (χ2v) is 5.16. The molecule has 0 unspecified atom stereocenters. The molecule has 1 aromatic heterocycles. The molecule has 0 saturated carbocycles. The van der Waals surface area contributed by atoms with Crippen LogP contribution in [0.4, 0.5) is 5.69 Å². The highest BCUT2D eigenvalue weighted by Crippen LogP contribution is 2.21. The summed E-state index contributed by atoms with van der Waals surface area (Å²) < 4.78 is 0.782. The molecule has 0 spiro atoms. The zero-order chi connectivity index (χ0) is 14.7. The monoisotopic (exact) mass is 330 g/mol. The van der Waals surface area contributed by atoms with Crippen molar-refractivity contribution in [3.8, 4) is 6.07 Å². The van der Waals surface area contributed by atoms with Gasteiger partial charge in [0, 0.05) is 4.47 Å².